The number of rotatable bonds is 7. The van der Waals surface area contributed by atoms with Crippen LogP contribution in [0.25, 0.3) is 0 Å². The summed E-state index contributed by atoms with van der Waals surface area (Å²) in [5.41, 5.74) is 0.596. The standard InChI is InChI=1S/C17H26N2O4S/c1-13(2)19(3)24(21,22)16-9-6-14(7-10-16)18-17(20)11-8-15-5-4-12-23-15/h6-7,9-10,13,15H,4-5,8,11-12H2,1-3H3,(H,18,20). The maximum Gasteiger partial charge on any atom is 0.243 e. The largest absolute Gasteiger partial charge is 0.378 e. The van der Waals surface area contributed by atoms with Gasteiger partial charge < -0.3 is 10.1 Å². The van der Waals surface area contributed by atoms with Crippen LogP contribution in [0.15, 0.2) is 29.2 Å². The number of sulfonamides is 1. The molecule has 0 aromatic heterocycles. The quantitative estimate of drug-likeness (QED) is 0.817. The highest BCUT2D eigenvalue weighted by Gasteiger charge is 2.23. The highest BCUT2D eigenvalue weighted by atomic mass is 32.2. The van der Waals surface area contributed by atoms with Crippen molar-refractivity contribution >= 4 is 21.6 Å². The minimum Gasteiger partial charge on any atom is -0.378 e. The molecule has 1 N–H and O–H groups in total. The van der Waals surface area contributed by atoms with Crippen molar-refractivity contribution in [2.45, 2.75) is 56.6 Å². The minimum absolute atomic E-state index is 0.0830. The van der Waals surface area contributed by atoms with Crippen molar-refractivity contribution in [1.29, 1.82) is 0 Å². The van der Waals surface area contributed by atoms with Crippen molar-refractivity contribution in [2.24, 2.45) is 0 Å². The Balaban J connectivity index is 1.92. The van der Waals surface area contributed by atoms with Crippen LogP contribution in [0.1, 0.15) is 39.5 Å². The van der Waals surface area contributed by atoms with Crippen molar-refractivity contribution in [3.05, 3.63) is 24.3 Å². The number of nitrogens with zero attached hydrogens (tertiary/aromatic N) is 1. The summed E-state index contributed by atoms with van der Waals surface area (Å²) in [6.45, 7) is 4.42. The van der Waals surface area contributed by atoms with Crippen LogP contribution in [-0.2, 0) is 19.6 Å². The smallest absolute Gasteiger partial charge is 0.243 e. The zero-order valence-corrected chi connectivity index (χ0v) is 15.3. The van der Waals surface area contributed by atoms with Crippen LogP contribution in [0, 0.1) is 0 Å². The molecule has 1 atom stereocenters. The zero-order chi connectivity index (χ0) is 17.7. The Hall–Kier alpha value is -1.44. The summed E-state index contributed by atoms with van der Waals surface area (Å²) in [6.07, 6.45) is 3.39. The lowest BCUT2D eigenvalue weighted by molar-refractivity contribution is -0.116. The second-order valence-corrected chi connectivity index (χ2v) is 8.36. The molecule has 1 aromatic rings. The number of hydrogen-bond acceptors (Lipinski definition) is 4. The topological polar surface area (TPSA) is 75.7 Å². The summed E-state index contributed by atoms with van der Waals surface area (Å²) in [5, 5.41) is 2.79. The van der Waals surface area contributed by atoms with Gasteiger partial charge in [0.05, 0.1) is 11.0 Å². The molecular weight excluding hydrogens is 328 g/mol. The third kappa shape index (κ3) is 4.78. The molecular formula is C17H26N2O4S. The van der Waals surface area contributed by atoms with Gasteiger partial charge in [-0.25, -0.2) is 8.42 Å². The van der Waals surface area contributed by atoms with Gasteiger partial charge in [0.2, 0.25) is 15.9 Å². The number of carbonyl (C=O) groups is 1. The molecule has 1 heterocycles. The number of carbonyl (C=O) groups excluding carboxylic acids is 1. The lowest BCUT2D eigenvalue weighted by atomic mass is 10.1. The summed E-state index contributed by atoms with van der Waals surface area (Å²) >= 11 is 0. The molecule has 134 valence electrons. The van der Waals surface area contributed by atoms with Crippen LogP contribution in [0.4, 0.5) is 5.69 Å². The second kappa shape index (κ2) is 8.09. The Morgan fingerprint density at radius 3 is 2.54 bits per heavy atom. The van der Waals surface area contributed by atoms with Crippen molar-refractivity contribution in [1.82, 2.24) is 4.31 Å². The summed E-state index contributed by atoms with van der Waals surface area (Å²) < 4.78 is 31.6. The van der Waals surface area contributed by atoms with E-state index in [1.54, 1.807) is 19.2 Å². The van der Waals surface area contributed by atoms with Gasteiger partial charge in [0.25, 0.3) is 0 Å². The third-order valence-electron chi connectivity index (χ3n) is 4.26. The van der Waals surface area contributed by atoms with Gasteiger partial charge in [0.1, 0.15) is 0 Å². The average Bonchev–Trinajstić information content (AvgIpc) is 3.06. The fourth-order valence-electron chi connectivity index (χ4n) is 2.54. The molecule has 1 saturated heterocycles. The molecule has 1 amide bonds. The van der Waals surface area contributed by atoms with E-state index < -0.39 is 10.0 Å². The highest BCUT2D eigenvalue weighted by molar-refractivity contribution is 7.89. The Bertz CT molecular complexity index is 650. The van der Waals surface area contributed by atoms with Gasteiger partial charge in [0, 0.05) is 31.8 Å². The fraction of sp³-hybridized carbons (Fsp3) is 0.588. The van der Waals surface area contributed by atoms with Gasteiger partial charge in [0.15, 0.2) is 0 Å². The SMILES string of the molecule is CC(C)N(C)S(=O)(=O)c1ccc(NC(=O)CCC2CCCO2)cc1. The molecule has 6 nitrogen and oxygen atoms in total. The van der Waals surface area contributed by atoms with Crippen LogP contribution in [0.3, 0.4) is 0 Å². The molecule has 0 aliphatic carbocycles. The van der Waals surface area contributed by atoms with Crippen molar-refractivity contribution in [3.63, 3.8) is 0 Å². The highest BCUT2D eigenvalue weighted by Crippen LogP contribution is 2.20. The van der Waals surface area contributed by atoms with E-state index in [1.807, 2.05) is 13.8 Å². The molecule has 0 spiro atoms. The van der Waals surface area contributed by atoms with Gasteiger partial charge >= 0.3 is 0 Å². The van der Waals surface area contributed by atoms with Gasteiger partial charge in [-0.3, -0.25) is 4.79 Å². The maximum atomic E-state index is 12.4. The van der Waals surface area contributed by atoms with Crippen LogP contribution >= 0.6 is 0 Å². The van der Waals surface area contributed by atoms with Crippen LogP contribution in [0.5, 0.6) is 0 Å². The predicted octanol–water partition coefficient (Wildman–Crippen LogP) is 2.61. The maximum absolute atomic E-state index is 12.4. The lowest BCUT2D eigenvalue weighted by Crippen LogP contribution is -2.33. The number of nitrogens with one attached hydrogen (secondary N) is 1. The summed E-state index contributed by atoms with van der Waals surface area (Å²) in [4.78, 5) is 12.2. The molecule has 1 fully saturated rings. The number of benzene rings is 1. The van der Waals surface area contributed by atoms with E-state index in [4.69, 9.17) is 4.74 Å². The molecule has 1 aliphatic rings. The first-order chi connectivity index (χ1) is 11.3. The zero-order valence-electron chi connectivity index (χ0n) is 14.5. The van der Waals surface area contributed by atoms with E-state index in [9.17, 15) is 13.2 Å². The van der Waals surface area contributed by atoms with Crippen molar-refractivity contribution in [3.8, 4) is 0 Å². The average molecular weight is 354 g/mol. The van der Waals surface area contributed by atoms with E-state index in [1.165, 1.54) is 16.4 Å². The molecule has 0 radical (unpaired) electrons. The van der Waals surface area contributed by atoms with Gasteiger partial charge in [-0.05, 0) is 57.4 Å². The molecule has 1 unspecified atom stereocenters. The number of anilines is 1. The predicted molar refractivity (Wildman–Crippen MR) is 93.4 cm³/mol. The minimum atomic E-state index is -3.50. The molecule has 0 bridgehead atoms. The fourth-order valence-corrected chi connectivity index (χ4v) is 3.91. The Kier molecular flexibility index (Phi) is 6.37. The van der Waals surface area contributed by atoms with Crippen molar-refractivity contribution < 1.29 is 17.9 Å². The molecule has 2 rings (SSSR count). The monoisotopic (exact) mass is 354 g/mol. The summed E-state index contributed by atoms with van der Waals surface area (Å²) in [7, 11) is -1.94. The van der Waals surface area contributed by atoms with Crippen LogP contribution in [0.2, 0.25) is 0 Å². The lowest BCUT2D eigenvalue weighted by Gasteiger charge is -2.21. The van der Waals surface area contributed by atoms with E-state index in [0.29, 0.717) is 12.1 Å². The normalized spacial score (nSPS) is 18.3. The van der Waals surface area contributed by atoms with Crippen LogP contribution in [-0.4, -0.2) is 44.4 Å². The second-order valence-electron chi connectivity index (χ2n) is 6.36. The third-order valence-corrected chi connectivity index (χ3v) is 6.31. The Morgan fingerprint density at radius 1 is 1.33 bits per heavy atom. The Morgan fingerprint density at radius 2 is 2.00 bits per heavy atom. The number of hydrogen-bond donors (Lipinski definition) is 1. The van der Waals surface area contributed by atoms with Gasteiger partial charge in [-0.15, -0.1) is 0 Å². The molecule has 1 aromatic carbocycles. The van der Waals surface area contributed by atoms with Crippen LogP contribution < -0.4 is 5.32 Å². The number of amides is 1. The first-order valence-corrected chi connectivity index (χ1v) is 9.74. The van der Waals surface area contributed by atoms with E-state index in [2.05, 4.69) is 5.32 Å². The van der Waals surface area contributed by atoms with Crippen molar-refractivity contribution in [2.75, 3.05) is 19.0 Å². The molecule has 0 saturated carbocycles. The molecule has 24 heavy (non-hydrogen) atoms. The van der Waals surface area contributed by atoms with E-state index >= 15 is 0 Å². The van der Waals surface area contributed by atoms with E-state index in [0.717, 1.165) is 25.9 Å². The molecule has 1 aliphatic heterocycles. The van der Waals surface area contributed by atoms with Gasteiger partial charge in [-0.1, -0.05) is 0 Å². The number of ether oxygens (including phenoxy) is 1. The Labute approximate surface area is 144 Å². The summed E-state index contributed by atoms with van der Waals surface area (Å²) in [6, 6.07) is 6.15. The first-order valence-electron chi connectivity index (χ1n) is 8.30. The van der Waals surface area contributed by atoms with E-state index in [-0.39, 0.29) is 22.9 Å². The first kappa shape index (κ1) is 18.9. The summed E-state index contributed by atoms with van der Waals surface area (Å²) in [5.74, 6) is -0.0830. The molecule has 7 heteroatoms. The van der Waals surface area contributed by atoms with Gasteiger partial charge in [-0.2, -0.15) is 4.31 Å².